The zero-order valence-electron chi connectivity index (χ0n) is 10.1. The van der Waals surface area contributed by atoms with Crippen molar-refractivity contribution in [3.8, 4) is 0 Å². The minimum absolute atomic E-state index is 0.109. The number of nitrogens with zero attached hydrogens (tertiary/aromatic N) is 3. The Balaban J connectivity index is 2.79. The van der Waals surface area contributed by atoms with Gasteiger partial charge in [-0.2, -0.15) is 0 Å². The third-order valence-electron chi connectivity index (χ3n) is 1.94. The second-order valence-corrected chi connectivity index (χ2v) is 11.5. The molecule has 0 saturated heterocycles. The molecule has 0 atom stereocenters. The predicted molar refractivity (Wildman–Crippen MR) is 62.1 cm³/mol. The second-order valence-electron chi connectivity index (χ2n) is 6.11. The fourth-order valence-corrected chi connectivity index (χ4v) is 2.33. The molecule has 0 aliphatic rings. The third-order valence-corrected chi connectivity index (χ3v) is 3.22. The van der Waals surface area contributed by atoms with Gasteiger partial charge in [0.2, 0.25) is 0 Å². The van der Waals surface area contributed by atoms with Crippen molar-refractivity contribution in [3.05, 3.63) is 11.9 Å². The molecule has 80 valence electrons. The lowest BCUT2D eigenvalue weighted by Crippen LogP contribution is -2.28. The highest BCUT2D eigenvalue weighted by Gasteiger charge is 2.20. The van der Waals surface area contributed by atoms with Gasteiger partial charge in [0.1, 0.15) is 0 Å². The van der Waals surface area contributed by atoms with E-state index in [1.165, 1.54) is 0 Å². The molecular formula is C10H21N3Si. The Morgan fingerprint density at radius 3 is 2.21 bits per heavy atom. The summed E-state index contributed by atoms with van der Waals surface area (Å²) >= 11 is 0. The Morgan fingerprint density at radius 1 is 1.29 bits per heavy atom. The Morgan fingerprint density at radius 2 is 1.86 bits per heavy atom. The van der Waals surface area contributed by atoms with Gasteiger partial charge < -0.3 is 0 Å². The number of rotatable bonds is 2. The van der Waals surface area contributed by atoms with E-state index >= 15 is 0 Å². The fraction of sp³-hybridized carbons (Fsp3) is 0.800. The minimum atomic E-state index is -1.08. The number of hydrogen-bond acceptors (Lipinski definition) is 2. The molecule has 0 aliphatic heterocycles. The quantitative estimate of drug-likeness (QED) is 0.704. The average molecular weight is 211 g/mol. The summed E-state index contributed by atoms with van der Waals surface area (Å²) in [6, 6.07) is 0. The summed E-state index contributed by atoms with van der Waals surface area (Å²) in [5, 5.41) is 8.38. The van der Waals surface area contributed by atoms with Crippen molar-refractivity contribution in [2.75, 3.05) is 0 Å². The van der Waals surface area contributed by atoms with Gasteiger partial charge in [0.15, 0.2) is 0 Å². The summed E-state index contributed by atoms with van der Waals surface area (Å²) in [7, 11) is -1.08. The first-order chi connectivity index (χ1) is 6.18. The third kappa shape index (κ3) is 3.25. The van der Waals surface area contributed by atoms with E-state index in [1.807, 2.05) is 4.68 Å². The van der Waals surface area contributed by atoms with Crippen LogP contribution in [0.4, 0.5) is 0 Å². The SMILES string of the molecule is CC(C)(C)c1cn(C[Si](C)(C)C)nn1. The molecule has 3 nitrogen and oxygen atoms in total. The van der Waals surface area contributed by atoms with Gasteiger partial charge in [-0.1, -0.05) is 45.6 Å². The highest BCUT2D eigenvalue weighted by Crippen LogP contribution is 2.19. The van der Waals surface area contributed by atoms with Gasteiger partial charge in [-0.3, -0.25) is 4.68 Å². The molecule has 0 fully saturated rings. The van der Waals surface area contributed by atoms with E-state index in [4.69, 9.17) is 0 Å². The predicted octanol–water partition coefficient (Wildman–Crippen LogP) is 2.45. The maximum atomic E-state index is 4.21. The van der Waals surface area contributed by atoms with Crippen molar-refractivity contribution >= 4 is 8.07 Å². The van der Waals surface area contributed by atoms with E-state index in [2.05, 4.69) is 56.9 Å². The van der Waals surface area contributed by atoms with Crippen LogP contribution in [-0.2, 0) is 11.6 Å². The fourth-order valence-electron chi connectivity index (χ4n) is 1.21. The van der Waals surface area contributed by atoms with Gasteiger partial charge in [0, 0.05) is 17.8 Å². The maximum Gasteiger partial charge on any atom is 0.0880 e. The number of hydrogen-bond donors (Lipinski definition) is 0. The lowest BCUT2D eigenvalue weighted by Gasteiger charge is -2.15. The monoisotopic (exact) mass is 211 g/mol. The van der Waals surface area contributed by atoms with Gasteiger partial charge in [-0.15, -0.1) is 5.10 Å². The van der Waals surface area contributed by atoms with Crippen molar-refractivity contribution in [2.45, 2.75) is 52.0 Å². The molecule has 0 aliphatic carbocycles. The molecule has 0 saturated carbocycles. The zero-order chi connectivity index (χ0) is 11.0. The topological polar surface area (TPSA) is 30.7 Å². The van der Waals surface area contributed by atoms with Gasteiger partial charge in [0.25, 0.3) is 0 Å². The summed E-state index contributed by atoms with van der Waals surface area (Å²) in [6.45, 7) is 13.5. The van der Waals surface area contributed by atoms with Crippen LogP contribution in [0.2, 0.25) is 19.6 Å². The van der Waals surface area contributed by atoms with Crippen molar-refractivity contribution in [1.29, 1.82) is 0 Å². The second kappa shape index (κ2) is 3.49. The van der Waals surface area contributed by atoms with Crippen LogP contribution < -0.4 is 0 Å². The van der Waals surface area contributed by atoms with Crippen molar-refractivity contribution in [3.63, 3.8) is 0 Å². The summed E-state index contributed by atoms with van der Waals surface area (Å²) in [5.41, 5.74) is 1.19. The smallest absolute Gasteiger partial charge is 0.0880 e. The van der Waals surface area contributed by atoms with Crippen LogP contribution >= 0.6 is 0 Å². The summed E-state index contributed by atoms with van der Waals surface area (Å²) in [5.74, 6) is 0. The van der Waals surface area contributed by atoms with Gasteiger partial charge in [0.05, 0.1) is 13.8 Å². The Hall–Kier alpha value is -0.643. The highest BCUT2D eigenvalue weighted by atomic mass is 28.3. The summed E-state index contributed by atoms with van der Waals surface area (Å²) in [6.07, 6.45) is 3.13. The first-order valence-corrected chi connectivity index (χ1v) is 8.80. The largest absolute Gasteiger partial charge is 0.255 e. The van der Waals surface area contributed by atoms with Crippen LogP contribution in [0.25, 0.3) is 0 Å². The zero-order valence-corrected chi connectivity index (χ0v) is 11.1. The molecule has 1 rings (SSSR count). The van der Waals surface area contributed by atoms with Crippen molar-refractivity contribution in [2.24, 2.45) is 0 Å². The van der Waals surface area contributed by atoms with E-state index in [-0.39, 0.29) is 5.41 Å². The molecule has 0 aromatic carbocycles. The molecule has 0 spiro atoms. The lowest BCUT2D eigenvalue weighted by molar-refractivity contribution is 0.566. The molecular weight excluding hydrogens is 190 g/mol. The molecule has 1 heterocycles. The van der Waals surface area contributed by atoms with E-state index in [9.17, 15) is 0 Å². The van der Waals surface area contributed by atoms with Gasteiger partial charge in [-0.25, -0.2) is 0 Å². The highest BCUT2D eigenvalue weighted by molar-refractivity contribution is 6.74. The molecule has 14 heavy (non-hydrogen) atoms. The maximum absolute atomic E-state index is 4.21. The molecule has 0 bridgehead atoms. The molecule has 0 N–H and O–H groups in total. The van der Waals surface area contributed by atoms with Crippen LogP contribution in [-0.4, -0.2) is 23.1 Å². The molecule has 4 heteroatoms. The Bertz CT molecular complexity index is 304. The standard InChI is InChI=1S/C10H21N3Si/c1-10(2,3)9-7-13(12-11-9)8-14(4,5)6/h7H,8H2,1-6H3. The van der Waals surface area contributed by atoms with E-state index in [1.54, 1.807) is 0 Å². The molecule has 0 unspecified atom stereocenters. The Kier molecular flexibility index (Phi) is 2.85. The summed E-state index contributed by atoms with van der Waals surface area (Å²) in [4.78, 5) is 0. The van der Waals surface area contributed by atoms with Crippen molar-refractivity contribution in [1.82, 2.24) is 15.0 Å². The van der Waals surface area contributed by atoms with E-state index in [0.717, 1.165) is 11.9 Å². The van der Waals surface area contributed by atoms with Crippen LogP contribution in [0, 0.1) is 0 Å². The first-order valence-electron chi connectivity index (χ1n) is 5.09. The molecule has 0 amide bonds. The Labute approximate surface area is 87.5 Å². The first kappa shape index (κ1) is 11.4. The average Bonchev–Trinajstić information content (AvgIpc) is 2.29. The van der Waals surface area contributed by atoms with Crippen LogP contribution in [0.1, 0.15) is 26.5 Å². The van der Waals surface area contributed by atoms with Crippen molar-refractivity contribution < 1.29 is 0 Å². The lowest BCUT2D eigenvalue weighted by atomic mass is 9.93. The van der Waals surface area contributed by atoms with Crippen LogP contribution in [0.5, 0.6) is 0 Å². The van der Waals surface area contributed by atoms with E-state index < -0.39 is 8.07 Å². The number of aromatic nitrogens is 3. The normalized spacial score (nSPS) is 13.3. The summed E-state index contributed by atoms with van der Waals surface area (Å²) < 4.78 is 1.99. The van der Waals surface area contributed by atoms with Gasteiger partial charge >= 0.3 is 0 Å². The molecule has 1 aromatic rings. The van der Waals surface area contributed by atoms with Crippen LogP contribution in [0.15, 0.2) is 6.20 Å². The van der Waals surface area contributed by atoms with E-state index in [0.29, 0.717) is 0 Å². The molecule has 0 radical (unpaired) electrons. The minimum Gasteiger partial charge on any atom is -0.255 e. The van der Waals surface area contributed by atoms with Gasteiger partial charge in [-0.05, 0) is 0 Å². The van der Waals surface area contributed by atoms with Crippen LogP contribution in [0.3, 0.4) is 0 Å². The molecule has 1 aromatic heterocycles.